The lowest BCUT2D eigenvalue weighted by Crippen LogP contribution is -2.53. The summed E-state index contributed by atoms with van der Waals surface area (Å²) in [5, 5.41) is 0. The molecule has 2 saturated heterocycles. The van der Waals surface area contributed by atoms with Gasteiger partial charge >= 0.3 is 0 Å². The molecule has 0 radical (unpaired) electrons. The van der Waals surface area contributed by atoms with Gasteiger partial charge in [-0.25, -0.2) is 0 Å². The molecule has 0 aromatic rings. The Morgan fingerprint density at radius 1 is 1.41 bits per heavy atom. The molecule has 98 valence electrons. The molecule has 2 rings (SSSR count). The molecular formula is C13H24N2O2. The van der Waals surface area contributed by atoms with Crippen LogP contribution >= 0.6 is 0 Å². The molecular weight excluding hydrogens is 216 g/mol. The predicted molar refractivity (Wildman–Crippen MR) is 66.5 cm³/mol. The zero-order valence-corrected chi connectivity index (χ0v) is 10.9. The average Bonchev–Trinajstić information content (AvgIpc) is 2.36. The second-order valence-corrected chi connectivity index (χ2v) is 5.65. The van der Waals surface area contributed by atoms with Crippen molar-refractivity contribution in [2.75, 3.05) is 19.7 Å². The molecule has 2 aliphatic heterocycles. The van der Waals surface area contributed by atoms with E-state index in [9.17, 15) is 4.79 Å². The van der Waals surface area contributed by atoms with Crippen LogP contribution in [0.5, 0.6) is 0 Å². The molecule has 1 amide bonds. The Morgan fingerprint density at radius 3 is 2.88 bits per heavy atom. The van der Waals surface area contributed by atoms with Gasteiger partial charge in [0.1, 0.15) is 0 Å². The lowest BCUT2D eigenvalue weighted by Gasteiger charge is -2.42. The van der Waals surface area contributed by atoms with Crippen molar-refractivity contribution in [2.24, 2.45) is 17.6 Å². The van der Waals surface area contributed by atoms with E-state index in [1.165, 1.54) is 6.42 Å². The summed E-state index contributed by atoms with van der Waals surface area (Å²) < 4.78 is 5.75. The van der Waals surface area contributed by atoms with Gasteiger partial charge in [-0.15, -0.1) is 0 Å². The fourth-order valence-electron chi connectivity index (χ4n) is 2.78. The van der Waals surface area contributed by atoms with Crippen LogP contribution in [-0.4, -0.2) is 42.6 Å². The number of carbonyl (C=O) groups excluding carboxylic acids is 1. The van der Waals surface area contributed by atoms with Crippen molar-refractivity contribution in [2.45, 2.75) is 45.3 Å². The largest absolute Gasteiger partial charge is 0.378 e. The number of nitrogens with two attached hydrogens (primary N) is 1. The van der Waals surface area contributed by atoms with E-state index in [2.05, 4.69) is 0 Å². The monoisotopic (exact) mass is 240 g/mol. The Labute approximate surface area is 103 Å². The first-order valence-corrected chi connectivity index (χ1v) is 6.75. The molecule has 2 unspecified atom stereocenters. The molecule has 3 atom stereocenters. The van der Waals surface area contributed by atoms with E-state index in [1.807, 2.05) is 18.7 Å². The molecule has 0 aromatic carbocycles. The molecule has 0 saturated carbocycles. The number of likely N-dealkylation sites (tertiary alicyclic amines) is 1. The normalized spacial score (nSPS) is 31.2. The van der Waals surface area contributed by atoms with E-state index in [-0.39, 0.29) is 17.9 Å². The maximum absolute atomic E-state index is 12.2. The molecule has 2 fully saturated rings. The highest BCUT2D eigenvalue weighted by Crippen LogP contribution is 2.28. The van der Waals surface area contributed by atoms with E-state index < -0.39 is 0 Å². The van der Waals surface area contributed by atoms with E-state index in [0.717, 1.165) is 32.5 Å². The molecule has 17 heavy (non-hydrogen) atoms. The van der Waals surface area contributed by atoms with E-state index in [4.69, 9.17) is 10.5 Å². The number of piperidine rings is 1. The molecule has 4 heteroatoms. The first kappa shape index (κ1) is 12.8. The first-order chi connectivity index (χ1) is 8.09. The number of carbonyl (C=O) groups is 1. The zero-order valence-electron chi connectivity index (χ0n) is 10.9. The number of rotatable bonds is 2. The Balaban J connectivity index is 1.93. The Hall–Kier alpha value is -0.610. The van der Waals surface area contributed by atoms with Crippen LogP contribution < -0.4 is 5.73 Å². The second kappa shape index (κ2) is 5.36. The van der Waals surface area contributed by atoms with Gasteiger partial charge in [-0.2, -0.15) is 0 Å². The molecule has 2 N–H and O–H groups in total. The molecule has 0 spiro atoms. The summed E-state index contributed by atoms with van der Waals surface area (Å²) in [4.78, 5) is 14.1. The van der Waals surface area contributed by atoms with Crippen molar-refractivity contribution >= 4 is 5.91 Å². The molecule has 2 heterocycles. The fraction of sp³-hybridized carbons (Fsp3) is 0.923. The van der Waals surface area contributed by atoms with Crippen molar-refractivity contribution in [1.29, 1.82) is 0 Å². The highest BCUT2D eigenvalue weighted by atomic mass is 16.5. The van der Waals surface area contributed by atoms with Crippen LogP contribution in [0, 0.1) is 11.8 Å². The number of nitrogens with zero attached hydrogens (tertiary/aromatic N) is 1. The van der Waals surface area contributed by atoms with Crippen molar-refractivity contribution in [3.05, 3.63) is 0 Å². The number of ether oxygens (including phenoxy) is 1. The Morgan fingerprint density at radius 2 is 2.18 bits per heavy atom. The minimum absolute atomic E-state index is 0.115. The maximum Gasteiger partial charge on any atom is 0.239 e. The fourth-order valence-corrected chi connectivity index (χ4v) is 2.78. The van der Waals surface area contributed by atoms with Crippen molar-refractivity contribution in [3.63, 3.8) is 0 Å². The number of amides is 1. The van der Waals surface area contributed by atoms with E-state index in [0.29, 0.717) is 12.0 Å². The lowest BCUT2D eigenvalue weighted by atomic mass is 9.88. The van der Waals surface area contributed by atoms with E-state index in [1.54, 1.807) is 0 Å². The van der Waals surface area contributed by atoms with E-state index >= 15 is 0 Å². The molecule has 4 nitrogen and oxygen atoms in total. The average molecular weight is 240 g/mol. The van der Waals surface area contributed by atoms with Gasteiger partial charge < -0.3 is 15.4 Å². The quantitative estimate of drug-likeness (QED) is 0.783. The lowest BCUT2D eigenvalue weighted by molar-refractivity contribution is -0.140. The van der Waals surface area contributed by atoms with Gasteiger partial charge in [-0.05, 0) is 25.2 Å². The van der Waals surface area contributed by atoms with Crippen LogP contribution in [0.3, 0.4) is 0 Å². The summed E-state index contributed by atoms with van der Waals surface area (Å²) in [5.74, 6) is 0.854. The Kier molecular flexibility index (Phi) is 4.05. The third kappa shape index (κ3) is 2.80. The van der Waals surface area contributed by atoms with Crippen LogP contribution in [0.1, 0.15) is 33.1 Å². The summed E-state index contributed by atoms with van der Waals surface area (Å²) >= 11 is 0. The first-order valence-electron chi connectivity index (χ1n) is 6.75. The van der Waals surface area contributed by atoms with Crippen molar-refractivity contribution in [3.8, 4) is 0 Å². The Bertz CT molecular complexity index is 281. The summed E-state index contributed by atoms with van der Waals surface area (Å²) in [6.45, 7) is 6.53. The molecule has 2 aliphatic rings. The topological polar surface area (TPSA) is 55.6 Å². The van der Waals surface area contributed by atoms with Crippen molar-refractivity contribution < 1.29 is 9.53 Å². The van der Waals surface area contributed by atoms with Gasteiger partial charge in [0.25, 0.3) is 0 Å². The zero-order chi connectivity index (χ0) is 12.4. The summed E-state index contributed by atoms with van der Waals surface area (Å²) in [7, 11) is 0. The maximum atomic E-state index is 12.2. The van der Waals surface area contributed by atoms with Crippen LogP contribution in [0.4, 0.5) is 0 Å². The van der Waals surface area contributed by atoms with Crippen LogP contribution in [0.25, 0.3) is 0 Å². The second-order valence-electron chi connectivity index (χ2n) is 5.65. The molecule has 0 aromatic heterocycles. The number of hydrogen-bond donors (Lipinski definition) is 1. The predicted octanol–water partition coefficient (Wildman–Crippen LogP) is 0.997. The number of hydrogen-bond acceptors (Lipinski definition) is 3. The van der Waals surface area contributed by atoms with Gasteiger partial charge in [0.15, 0.2) is 0 Å². The number of fused-ring (bicyclic) bond motifs is 1. The highest BCUT2D eigenvalue weighted by Gasteiger charge is 2.35. The summed E-state index contributed by atoms with van der Waals surface area (Å²) in [5.41, 5.74) is 5.94. The van der Waals surface area contributed by atoms with Crippen molar-refractivity contribution in [1.82, 2.24) is 4.90 Å². The molecule has 0 aliphatic carbocycles. The minimum Gasteiger partial charge on any atom is -0.378 e. The smallest absolute Gasteiger partial charge is 0.239 e. The third-order valence-electron chi connectivity index (χ3n) is 4.03. The van der Waals surface area contributed by atoms with Crippen LogP contribution in [0.2, 0.25) is 0 Å². The van der Waals surface area contributed by atoms with Gasteiger partial charge in [-0.1, -0.05) is 13.8 Å². The van der Waals surface area contributed by atoms with Gasteiger partial charge in [-0.3, -0.25) is 4.79 Å². The standard InChI is InChI=1S/C13H24N2O2/c1-9(2)12(14)13(16)15-6-5-11-10(8-15)4-3-7-17-11/h9-12H,3-8,14H2,1-2H3/t10?,11?,12-/m0/s1. The van der Waals surface area contributed by atoms with Crippen LogP contribution in [-0.2, 0) is 9.53 Å². The SMILES string of the molecule is CC(C)[C@H](N)C(=O)N1CCC2OCCCC2C1. The minimum atomic E-state index is -0.351. The summed E-state index contributed by atoms with van der Waals surface area (Å²) in [6, 6.07) is -0.351. The van der Waals surface area contributed by atoms with Gasteiger partial charge in [0.05, 0.1) is 12.1 Å². The van der Waals surface area contributed by atoms with Crippen LogP contribution in [0.15, 0.2) is 0 Å². The van der Waals surface area contributed by atoms with Gasteiger partial charge in [0, 0.05) is 25.6 Å². The summed E-state index contributed by atoms with van der Waals surface area (Å²) in [6.07, 6.45) is 3.66. The molecule has 0 bridgehead atoms. The highest BCUT2D eigenvalue weighted by molar-refractivity contribution is 5.82. The van der Waals surface area contributed by atoms with Gasteiger partial charge in [0.2, 0.25) is 5.91 Å². The third-order valence-corrected chi connectivity index (χ3v) is 4.03.